The maximum atomic E-state index is 13.5. The molecule has 5 fully saturated rings. The second-order valence-electron chi connectivity index (χ2n) is 12.6. The van der Waals surface area contributed by atoms with Crippen LogP contribution in [0.5, 0.6) is 0 Å². The average Bonchev–Trinajstić information content (AvgIpc) is 3.62. The largest absolute Gasteiger partial charge is 0.390 e. The number of fused-ring (bicyclic) bond motifs is 6. The molecule has 1 N–H and O–H groups in total. The number of carbonyl (C=O) groups is 2. The minimum Gasteiger partial charge on any atom is -0.390 e. The van der Waals surface area contributed by atoms with Gasteiger partial charge in [-0.25, -0.2) is 0 Å². The molecule has 0 unspecified atom stereocenters. The van der Waals surface area contributed by atoms with Crippen molar-refractivity contribution in [1.29, 1.82) is 0 Å². The van der Waals surface area contributed by atoms with Crippen LogP contribution in [0.2, 0.25) is 0 Å². The van der Waals surface area contributed by atoms with E-state index in [4.69, 9.17) is 4.37 Å². The highest BCUT2D eigenvalue weighted by Gasteiger charge is 2.67. The van der Waals surface area contributed by atoms with E-state index >= 15 is 0 Å². The van der Waals surface area contributed by atoms with Crippen LogP contribution in [0, 0.1) is 35.5 Å². The smallest absolute Gasteiger partial charge is 0.233 e. The van der Waals surface area contributed by atoms with Crippen molar-refractivity contribution in [2.75, 3.05) is 44.2 Å². The first kappa shape index (κ1) is 24.0. The fourth-order valence-electron chi connectivity index (χ4n) is 8.60. The standard InChI is InChI=1S/C29H38N4O3S/c1-29(36)15-20-14-22(29)25-24(20)27(34)33(28(25)35)17-19-7-3-2-6-18(19)16-31-10-12-32(13-11-31)26-21-8-4-5-9-23(21)37-30-26/h4-5,8-9,18-20,22,24-25,36H,2-3,6-7,10-17H2,1H3/t18-,19-,20-,22+,24+,25-,29+/m0/s1. The summed E-state index contributed by atoms with van der Waals surface area (Å²) in [6, 6.07) is 8.49. The molecule has 2 aromatic rings. The van der Waals surface area contributed by atoms with Crippen LogP contribution < -0.4 is 4.90 Å². The second-order valence-corrected chi connectivity index (χ2v) is 13.4. The molecule has 2 saturated heterocycles. The van der Waals surface area contributed by atoms with Gasteiger partial charge in [-0.05, 0) is 74.0 Å². The van der Waals surface area contributed by atoms with Crippen molar-refractivity contribution in [2.24, 2.45) is 35.5 Å². The Balaban J connectivity index is 0.991. The molecular weight excluding hydrogens is 484 g/mol. The molecule has 1 aromatic carbocycles. The van der Waals surface area contributed by atoms with Crippen LogP contribution in [0.4, 0.5) is 5.82 Å². The predicted octanol–water partition coefficient (Wildman–Crippen LogP) is 3.62. The van der Waals surface area contributed by atoms with Crippen LogP contribution in [-0.2, 0) is 9.59 Å². The molecule has 0 spiro atoms. The monoisotopic (exact) mass is 522 g/mol. The highest BCUT2D eigenvalue weighted by Crippen LogP contribution is 2.60. The van der Waals surface area contributed by atoms with Crippen molar-refractivity contribution >= 4 is 39.3 Å². The second kappa shape index (κ2) is 9.02. The van der Waals surface area contributed by atoms with E-state index in [1.54, 1.807) is 16.4 Å². The van der Waals surface area contributed by atoms with Crippen molar-refractivity contribution in [3.8, 4) is 0 Å². The molecule has 3 saturated carbocycles. The van der Waals surface area contributed by atoms with Crippen LogP contribution in [0.1, 0.15) is 45.4 Å². The SMILES string of the molecule is C[C@@]1(O)C[C@@H]2C[C@@H]1[C@@H]1C(=O)N(C[C@@H]3CCCC[C@H]3CN3CCN(c4nsc5ccccc45)CC3)C(=O)[C@H]21. The van der Waals surface area contributed by atoms with Gasteiger partial charge in [0.15, 0.2) is 0 Å². The molecule has 3 heterocycles. The fraction of sp³-hybridized carbons (Fsp3) is 0.690. The Bertz CT molecular complexity index is 1200. The Hall–Kier alpha value is -2.03. The number of carbonyl (C=O) groups excluding carboxylic acids is 2. The van der Waals surface area contributed by atoms with Gasteiger partial charge in [0.1, 0.15) is 5.82 Å². The number of likely N-dealkylation sites (tertiary alicyclic amines) is 1. The van der Waals surface area contributed by atoms with E-state index in [1.807, 2.05) is 6.92 Å². The average molecular weight is 523 g/mol. The summed E-state index contributed by atoms with van der Waals surface area (Å²) in [5.41, 5.74) is -0.794. The minimum absolute atomic E-state index is 0.0101. The third kappa shape index (κ3) is 3.93. The van der Waals surface area contributed by atoms with Crippen LogP contribution in [-0.4, -0.2) is 76.0 Å². The number of piperazine rings is 1. The zero-order valence-electron chi connectivity index (χ0n) is 21.7. The van der Waals surface area contributed by atoms with Gasteiger partial charge in [-0.1, -0.05) is 25.0 Å². The zero-order chi connectivity index (χ0) is 25.3. The van der Waals surface area contributed by atoms with Gasteiger partial charge in [-0.3, -0.25) is 19.4 Å². The van der Waals surface area contributed by atoms with E-state index < -0.39 is 5.60 Å². The van der Waals surface area contributed by atoms with E-state index in [1.165, 1.54) is 29.3 Å². The minimum atomic E-state index is -0.794. The molecule has 0 radical (unpaired) electrons. The number of amides is 2. The number of hydrogen-bond donors (Lipinski definition) is 1. The summed E-state index contributed by atoms with van der Waals surface area (Å²) in [6.07, 6.45) is 6.22. The van der Waals surface area contributed by atoms with Gasteiger partial charge in [-0.15, -0.1) is 0 Å². The van der Waals surface area contributed by atoms with E-state index in [2.05, 4.69) is 34.1 Å². The van der Waals surface area contributed by atoms with Crippen LogP contribution in [0.15, 0.2) is 24.3 Å². The summed E-state index contributed by atoms with van der Waals surface area (Å²) in [6.45, 7) is 7.53. The number of anilines is 1. The molecular formula is C29H38N4O3S. The molecule has 37 heavy (non-hydrogen) atoms. The van der Waals surface area contributed by atoms with Gasteiger partial charge in [0.25, 0.3) is 0 Å². The van der Waals surface area contributed by atoms with Gasteiger partial charge in [0.2, 0.25) is 11.8 Å². The summed E-state index contributed by atoms with van der Waals surface area (Å²) in [4.78, 5) is 33.5. The van der Waals surface area contributed by atoms with Crippen molar-refractivity contribution in [3.05, 3.63) is 24.3 Å². The van der Waals surface area contributed by atoms with Gasteiger partial charge >= 0.3 is 0 Å². The molecule has 5 aliphatic rings. The maximum Gasteiger partial charge on any atom is 0.233 e. The highest BCUT2D eigenvalue weighted by molar-refractivity contribution is 7.13. The van der Waals surface area contributed by atoms with Crippen molar-refractivity contribution < 1.29 is 14.7 Å². The summed E-state index contributed by atoms with van der Waals surface area (Å²) in [7, 11) is 0. The summed E-state index contributed by atoms with van der Waals surface area (Å²) >= 11 is 1.58. The van der Waals surface area contributed by atoms with Crippen LogP contribution >= 0.6 is 11.5 Å². The quantitative estimate of drug-likeness (QED) is 0.605. The van der Waals surface area contributed by atoms with E-state index in [0.717, 1.165) is 51.4 Å². The normalized spacial score (nSPS) is 38.2. The zero-order valence-corrected chi connectivity index (χ0v) is 22.5. The number of hydrogen-bond acceptors (Lipinski definition) is 7. The topological polar surface area (TPSA) is 77.0 Å². The van der Waals surface area contributed by atoms with Crippen molar-refractivity contribution in [2.45, 2.75) is 51.0 Å². The molecule has 2 aliphatic heterocycles. The Labute approximate surface area is 223 Å². The van der Waals surface area contributed by atoms with Gasteiger partial charge in [-0.2, -0.15) is 4.37 Å². The molecule has 198 valence electrons. The third-order valence-electron chi connectivity index (χ3n) is 10.5. The Morgan fingerprint density at radius 1 is 1.00 bits per heavy atom. The lowest BCUT2D eigenvalue weighted by molar-refractivity contribution is -0.142. The van der Waals surface area contributed by atoms with Crippen LogP contribution in [0.25, 0.3) is 10.1 Å². The van der Waals surface area contributed by atoms with Crippen molar-refractivity contribution in [1.82, 2.24) is 14.2 Å². The summed E-state index contributed by atoms with van der Waals surface area (Å²) < 4.78 is 6.00. The van der Waals surface area contributed by atoms with E-state index in [-0.39, 0.29) is 35.5 Å². The van der Waals surface area contributed by atoms with E-state index in [0.29, 0.717) is 24.8 Å². The number of aliphatic hydroxyl groups is 1. The van der Waals surface area contributed by atoms with Gasteiger partial charge < -0.3 is 10.0 Å². The lowest BCUT2D eigenvalue weighted by Gasteiger charge is -2.40. The first-order chi connectivity index (χ1) is 17.9. The van der Waals surface area contributed by atoms with Crippen LogP contribution in [0.3, 0.4) is 0 Å². The Kier molecular flexibility index (Phi) is 5.86. The van der Waals surface area contributed by atoms with Crippen molar-refractivity contribution in [3.63, 3.8) is 0 Å². The number of imide groups is 1. The van der Waals surface area contributed by atoms with E-state index in [9.17, 15) is 14.7 Å². The van der Waals surface area contributed by atoms with Gasteiger partial charge in [0.05, 0.1) is 22.1 Å². The number of aromatic nitrogens is 1. The molecule has 3 aliphatic carbocycles. The summed E-state index contributed by atoms with van der Waals surface area (Å²) in [5, 5.41) is 12.1. The highest BCUT2D eigenvalue weighted by atomic mass is 32.1. The lowest BCUT2D eigenvalue weighted by atomic mass is 9.73. The fourth-order valence-corrected chi connectivity index (χ4v) is 9.40. The molecule has 2 amide bonds. The predicted molar refractivity (Wildman–Crippen MR) is 144 cm³/mol. The third-order valence-corrected chi connectivity index (χ3v) is 11.3. The maximum absolute atomic E-state index is 13.5. The first-order valence-corrected chi connectivity index (χ1v) is 15.1. The molecule has 1 aromatic heterocycles. The number of nitrogens with zero attached hydrogens (tertiary/aromatic N) is 4. The van der Waals surface area contributed by atoms with Gasteiger partial charge in [0, 0.05) is 50.6 Å². The molecule has 2 bridgehead atoms. The number of rotatable bonds is 5. The Morgan fingerprint density at radius 2 is 1.70 bits per heavy atom. The molecule has 8 heteroatoms. The molecule has 7 atom stereocenters. The summed E-state index contributed by atoms with van der Waals surface area (Å²) in [5.74, 6) is 1.80. The molecule has 7 rings (SSSR count). The Morgan fingerprint density at radius 3 is 2.49 bits per heavy atom. The first-order valence-electron chi connectivity index (χ1n) is 14.3. The lowest BCUT2D eigenvalue weighted by Crippen LogP contribution is -2.49. The number of benzene rings is 1. The molecule has 7 nitrogen and oxygen atoms in total.